The molecule has 0 radical (unpaired) electrons. The fraction of sp³-hybridized carbons (Fsp3) is 0.150. The summed E-state index contributed by atoms with van der Waals surface area (Å²) in [6.07, 6.45) is 2.97. The Bertz CT molecular complexity index is 797. The summed E-state index contributed by atoms with van der Waals surface area (Å²) >= 11 is 0. The maximum atomic E-state index is 6.34. The summed E-state index contributed by atoms with van der Waals surface area (Å²) in [5.74, 6) is 0.985. The number of rotatable bonds is 3. The molecule has 1 aliphatic rings. The Morgan fingerprint density at radius 1 is 0.870 bits per heavy atom. The smallest absolute Gasteiger partial charge is 0.132 e. The van der Waals surface area contributed by atoms with Crippen LogP contribution in [0.5, 0.6) is 0 Å². The van der Waals surface area contributed by atoms with E-state index in [1.165, 1.54) is 11.3 Å². The maximum absolute atomic E-state index is 6.34. The molecule has 114 valence electrons. The van der Waals surface area contributed by atoms with Crippen LogP contribution in [0.25, 0.3) is 0 Å². The second-order valence-corrected chi connectivity index (χ2v) is 5.87. The molecule has 0 fully saturated rings. The minimum Gasteiger partial charge on any atom is -0.326 e. The minimum absolute atomic E-state index is 0.136. The summed E-state index contributed by atoms with van der Waals surface area (Å²) in [6, 6.07) is 22.7. The lowest BCUT2D eigenvalue weighted by atomic mass is 10.0. The third-order valence-corrected chi connectivity index (χ3v) is 4.45. The van der Waals surface area contributed by atoms with Gasteiger partial charge in [-0.2, -0.15) is 0 Å². The molecule has 0 amide bonds. The fourth-order valence-electron chi connectivity index (χ4n) is 3.17. The molecule has 2 aromatic carbocycles. The van der Waals surface area contributed by atoms with Crippen molar-refractivity contribution in [2.45, 2.75) is 12.5 Å². The molecular formula is C20H19N3. The van der Waals surface area contributed by atoms with Gasteiger partial charge in [-0.05, 0) is 35.2 Å². The molecule has 3 heteroatoms. The number of nitrogens with zero attached hydrogens (tertiary/aromatic N) is 2. The number of fused-ring (bicyclic) bond motifs is 1. The number of aromatic nitrogens is 1. The van der Waals surface area contributed by atoms with Gasteiger partial charge in [0.25, 0.3) is 0 Å². The number of anilines is 2. The molecular weight excluding hydrogens is 282 g/mol. The van der Waals surface area contributed by atoms with Crippen molar-refractivity contribution in [2.75, 3.05) is 11.4 Å². The summed E-state index contributed by atoms with van der Waals surface area (Å²) in [5.41, 5.74) is 11.1. The SMILES string of the molecule is N[C@H](c1ccccc1)c1ccc(N2CCc3ccccc32)nc1. The van der Waals surface area contributed by atoms with Crippen molar-refractivity contribution < 1.29 is 0 Å². The highest BCUT2D eigenvalue weighted by molar-refractivity contribution is 5.67. The molecule has 3 nitrogen and oxygen atoms in total. The van der Waals surface area contributed by atoms with Gasteiger partial charge in [0.1, 0.15) is 5.82 Å². The second kappa shape index (κ2) is 5.86. The predicted molar refractivity (Wildman–Crippen MR) is 93.9 cm³/mol. The first-order chi connectivity index (χ1) is 11.3. The average molecular weight is 301 g/mol. The lowest BCUT2D eigenvalue weighted by Crippen LogP contribution is -2.16. The Labute approximate surface area is 136 Å². The minimum atomic E-state index is -0.136. The number of hydrogen-bond acceptors (Lipinski definition) is 3. The number of hydrogen-bond donors (Lipinski definition) is 1. The molecule has 2 heterocycles. The van der Waals surface area contributed by atoms with Crippen LogP contribution in [-0.4, -0.2) is 11.5 Å². The van der Waals surface area contributed by atoms with Gasteiger partial charge in [-0.3, -0.25) is 0 Å². The first-order valence-electron chi connectivity index (χ1n) is 7.95. The highest BCUT2D eigenvalue weighted by atomic mass is 15.2. The van der Waals surface area contributed by atoms with Crippen molar-refractivity contribution >= 4 is 11.5 Å². The molecule has 3 aromatic rings. The van der Waals surface area contributed by atoms with Crippen LogP contribution in [0.15, 0.2) is 72.9 Å². The molecule has 0 aliphatic carbocycles. The van der Waals surface area contributed by atoms with Crippen molar-refractivity contribution in [3.8, 4) is 0 Å². The molecule has 4 rings (SSSR count). The summed E-state index contributed by atoms with van der Waals surface area (Å²) in [7, 11) is 0. The van der Waals surface area contributed by atoms with Gasteiger partial charge in [0.2, 0.25) is 0 Å². The Kier molecular flexibility index (Phi) is 3.56. The Hall–Kier alpha value is -2.65. The maximum Gasteiger partial charge on any atom is 0.132 e. The lowest BCUT2D eigenvalue weighted by Gasteiger charge is -2.19. The summed E-state index contributed by atoms with van der Waals surface area (Å²) < 4.78 is 0. The first kappa shape index (κ1) is 14.0. The van der Waals surface area contributed by atoms with E-state index in [-0.39, 0.29) is 6.04 Å². The number of nitrogens with two attached hydrogens (primary N) is 1. The van der Waals surface area contributed by atoms with E-state index in [0.29, 0.717) is 0 Å². The molecule has 1 aliphatic heterocycles. The quantitative estimate of drug-likeness (QED) is 0.799. The number of benzene rings is 2. The molecule has 0 spiro atoms. The summed E-state index contributed by atoms with van der Waals surface area (Å²) in [6.45, 7) is 0.983. The van der Waals surface area contributed by atoms with Gasteiger partial charge in [-0.1, -0.05) is 54.6 Å². The van der Waals surface area contributed by atoms with Crippen molar-refractivity contribution in [3.05, 3.63) is 89.6 Å². The van der Waals surface area contributed by atoms with Crippen molar-refractivity contribution in [1.82, 2.24) is 4.98 Å². The zero-order valence-corrected chi connectivity index (χ0v) is 12.9. The Balaban J connectivity index is 1.60. The third kappa shape index (κ3) is 2.60. The van der Waals surface area contributed by atoms with E-state index >= 15 is 0 Å². The van der Waals surface area contributed by atoms with E-state index in [9.17, 15) is 0 Å². The summed E-state index contributed by atoms with van der Waals surface area (Å²) in [4.78, 5) is 6.92. The fourth-order valence-corrected chi connectivity index (χ4v) is 3.17. The summed E-state index contributed by atoms with van der Waals surface area (Å²) in [5, 5.41) is 0. The molecule has 0 saturated heterocycles. The van der Waals surface area contributed by atoms with Crippen LogP contribution < -0.4 is 10.6 Å². The number of pyridine rings is 1. The molecule has 1 aromatic heterocycles. The Morgan fingerprint density at radius 2 is 1.65 bits per heavy atom. The monoisotopic (exact) mass is 301 g/mol. The normalized spacial score (nSPS) is 14.6. The zero-order valence-electron chi connectivity index (χ0n) is 12.9. The highest BCUT2D eigenvalue weighted by Crippen LogP contribution is 2.33. The van der Waals surface area contributed by atoms with E-state index in [0.717, 1.165) is 29.9 Å². The highest BCUT2D eigenvalue weighted by Gasteiger charge is 2.20. The van der Waals surface area contributed by atoms with Gasteiger partial charge in [0.05, 0.1) is 6.04 Å². The van der Waals surface area contributed by atoms with Gasteiger partial charge in [0, 0.05) is 18.4 Å². The van der Waals surface area contributed by atoms with Gasteiger partial charge >= 0.3 is 0 Å². The van der Waals surface area contributed by atoms with Gasteiger partial charge in [-0.25, -0.2) is 4.98 Å². The van der Waals surface area contributed by atoms with E-state index in [1.54, 1.807) is 0 Å². The Morgan fingerprint density at radius 3 is 2.43 bits per heavy atom. The van der Waals surface area contributed by atoms with E-state index in [2.05, 4.69) is 58.4 Å². The standard InChI is InChI=1S/C20H19N3/c21-20(16-7-2-1-3-8-16)17-10-11-19(22-14-17)23-13-12-15-6-4-5-9-18(15)23/h1-11,14,20H,12-13,21H2/t20-/m1/s1. The molecule has 0 bridgehead atoms. The lowest BCUT2D eigenvalue weighted by molar-refractivity contribution is 0.860. The van der Waals surface area contributed by atoms with Crippen LogP contribution in [0.4, 0.5) is 11.5 Å². The van der Waals surface area contributed by atoms with E-state index in [1.807, 2.05) is 24.4 Å². The van der Waals surface area contributed by atoms with E-state index in [4.69, 9.17) is 5.73 Å². The zero-order chi connectivity index (χ0) is 15.6. The van der Waals surface area contributed by atoms with Crippen LogP contribution in [0.2, 0.25) is 0 Å². The molecule has 23 heavy (non-hydrogen) atoms. The predicted octanol–water partition coefficient (Wildman–Crippen LogP) is 3.82. The third-order valence-electron chi connectivity index (χ3n) is 4.45. The van der Waals surface area contributed by atoms with E-state index < -0.39 is 0 Å². The second-order valence-electron chi connectivity index (χ2n) is 5.87. The molecule has 1 atom stereocenters. The molecule has 0 unspecified atom stereocenters. The topological polar surface area (TPSA) is 42.1 Å². The van der Waals surface area contributed by atoms with Crippen LogP contribution in [0.3, 0.4) is 0 Å². The van der Waals surface area contributed by atoms with Crippen molar-refractivity contribution in [2.24, 2.45) is 5.73 Å². The van der Waals surface area contributed by atoms with Crippen molar-refractivity contribution in [3.63, 3.8) is 0 Å². The van der Waals surface area contributed by atoms with Crippen LogP contribution in [0.1, 0.15) is 22.7 Å². The van der Waals surface area contributed by atoms with Crippen LogP contribution in [-0.2, 0) is 6.42 Å². The van der Waals surface area contributed by atoms with Gasteiger partial charge < -0.3 is 10.6 Å². The van der Waals surface area contributed by atoms with Crippen LogP contribution >= 0.6 is 0 Å². The van der Waals surface area contributed by atoms with Gasteiger partial charge in [0.15, 0.2) is 0 Å². The number of para-hydroxylation sites is 1. The average Bonchev–Trinajstić information content (AvgIpc) is 3.06. The van der Waals surface area contributed by atoms with Gasteiger partial charge in [-0.15, -0.1) is 0 Å². The molecule has 2 N–H and O–H groups in total. The van der Waals surface area contributed by atoms with Crippen LogP contribution in [0, 0.1) is 0 Å². The molecule has 0 saturated carbocycles. The van der Waals surface area contributed by atoms with Crippen molar-refractivity contribution in [1.29, 1.82) is 0 Å². The largest absolute Gasteiger partial charge is 0.326 e. The first-order valence-corrected chi connectivity index (χ1v) is 7.95.